The highest BCUT2D eigenvalue weighted by molar-refractivity contribution is 6.00. The summed E-state index contributed by atoms with van der Waals surface area (Å²) in [4.78, 5) is 12.7. The van der Waals surface area contributed by atoms with Crippen molar-refractivity contribution >= 4 is 5.78 Å². The minimum atomic E-state index is -0.258. The molecule has 4 heteroatoms. The molecule has 4 rings (SSSR count). The summed E-state index contributed by atoms with van der Waals surface area (Å²) in [5.74, 6) is -0.0823. The van der Waals surface area contributed by atoms with Crippen LogP contribution in [-0.2, 0) is 6.42 Å². The average molecular weight is 320 g/mol. The predicted octanol–water partition coefficient (Wildman–Crippen LogP) is 4.23. The van der Waals surface area contributed by atoms with E-state index < -0.39 is 0 Å². The molecular formula is C20H17FN2O. The number of ketones is 1. The highest BCUT2D eigenvalue weighted by Crippen LogP contribution is 2.35. The number of fused-ring (bicyclic) bond motifs is 1. The fourth-order valence-corrected chi connectivity index (χ4v) is 3.51. The summed E-state index contributed by atoms with van der Waals surface area (Å²) >= 11 is 0. The van der Waals surface area contributed by atoms with Crippen LogP contribution in [0.25, 0.3) is 5.69 Å². The van der Waals surface area contributed by atoms with E-state index >= 15 is 0 Å². The molecule has 0 aliphatic heterocycles. The van der Waals surface area contributed by atoms with Crippen LogP contribution in [-0.4, -0.2) is 15.6 Å². The number of rotatable bonds is 2. The van der Waals surface area contributed by atoms with Crippen LogP contribution in [0.4, 0.5) is 4.39 Å². The van der Waals surface area contributed by atoms with Gasteiger partial charge in [-0.3, -0.25) is 4.79 Å². The fraction of sp³-hybridized carbons (Fsp3) is 0.200. The number of carbonyl (C=O) groups is 1. The first-order chi connectivity index (χ1) is 11.6. The molecule has 120 valence electrons. The number of aromatic nitrogens is 2. The molecule has 3 nitrogen and oxygen atoms in total. The zero-order valence-corrected chi connectivity index (χ0v) is 13.4. The van der Waals surface area contributed by atoms with Crippen molar-refractivity contribution in [1.82, 2.24) is 9.78 Å². The highest BCUT2D eigenvalue weighted by Gasteiger charge is 2.32. The van der Waals surface area contributed by atoms with Crippen molar-refractivity contribution in [1.29, 1.82) is 0 Å². The molecule has 1 heterocycles. The second-order valence-electron chi connectivity index (χ2n) is 6.23. The van der Waals surface area contributed by atoms with Gasteiger partial charge in [0, 0.05) is 6.42 Å². The van der Waals surface area contributed by atoms with Crippen molar-refractivity contribution in [2.24, 2.45) is 0 Å². The first-order valence-corrected chi connectivity index (χ1v) is 8.06. The van der Waals surface area contributed by atoms with Crippen molar-refractivity contribution in [3.8, 4) is 5.69 Å². The minimum Gasteiger partial charge on any atom is -0.294 e. The third-order valence-corrected chi connectivity index (χ3v) is 4.65. The maximum Gasteiger partial charge on any atom is 0.167 e. The van der Waals surface area contributed by atoms with Crippen LogP contribution in [0.2, 0.25) is 0 Å². The molecule has 24 heavy (non-hydrogen) atoms. The van der Waals surface area contributed by atoms with Gasteiger partial charge in [0.15, 0.2) is 5.78 Å². The van der Waals surface area contributed by atoms with Crippen LogP contribution in [0, 0.1) is 12.7 Å². The first kappa shape index (κ1) is 14.8. The molecule has 0 bridgehead atoms. The average Bonchev–Trinajstić information content (AvgIpc) is 2.93. The quantitative estimate of drug-likeness (QED) is 0.708. The van der Waals surface area contributed by atoms with E-state index in [1.54, 1.807) is 12.1 Å². The number of hydrogen-bond donors (Lipinski definition) is 0. The third-order valence-electron chi connectivity index (χ3n) is 4.65. The topological polar surface area (TPSA) is 34.9 Å². The summed E-state index contributed by atoms with van der Waals surface area (Å²) < 4.78 is 15.1. The van der Waals surface area contributed by atoms with Gasteiger partial charge in [0.25, 0.3) is 0 Å². The van der Waals surface area contributed by atoms with Crippen molar-refractivity contribution in [3.63, 3.8) is 0 Å². The van der Waals surface area contributed by atoms with E-state index in [1.807, 2.05) is 41.9 Å². The number of Topliss-reactive ketones (excluding diaryl/α,β-unsaturated/α-hetero) is 1. The molecule has 1 aromatic heterocycles. The van der Waals surface area contributed by atoms with Gasteiger partial charge >= 0.3 is 0 Å². The van der Waals surface area contributed by atoms with Gasteiger partial charge in [0.1, 0.15) is 5.82 Å². The largest absolute Gasteiger partial charge is 0.294 e. The lowest BCUT2D eigenvalue weighted by molar-refractivity contribution is 0.0963. The monoisotopic (exact) mass is 320 g/mol. The van der Waals surface area contributed by atoms with Gasteiger partial charge in [-0.05, 0) is 49.1 Å². The summed E-state index contributed by atoms with van der Waals surface area (Å²) in [5, 5.41) is 4.59. The van der Waals surface area contributed by atoms with Crippen LogP contribution in [0.3, 0.4) is 0 Å². The molecule has 0 N–H and O–H groups in total. The summed E-state index contributed by atoms with van der Waals surface area (Å²) in [5.41, 5.74) is 4.42. The van der Waals surface area contributed by atoms with Gasteiger partial charge in [-0.15, -0.1) is 0 Å². The second kappa shape index (κ2) is 5.71. The molecule has 1 aliphatic rings. The molecule has 0 unspecified atom stereocenters. The Kier molecular flexibility index (Phi) is 3.53. The number of nitrogens with zero attached hydrogens (tertiary/aromatic N) is 2. The molecule has 0 amide bonds. The standard InChI is InChI=1S/C20H17FN2O/c1-13-20-18(23(22-13)17-5-3-2-4-6-17)11-15(12-19(20)24)14-7-9-16(21)10-8-14/h2-10,15H,11-12H2,1H3/t15-/m1/s1. The number of halogens is 1. The maximum absolute atomic E-state index is 13.2. The Morgan fingerprint density at radius 3 is 2.46 bits per heavy atom. The van der Waals surface area contributed by atoms with Crippen LogP contribution >= 0.6 is 0 Å². The van der Waals surface area contributed by atoms with Gasteiger partial charge < -0.3 is 0 Å². The molecule has 1 atom stereocenters. The number of carbonyl (C=O) groups excluding carboxylic acids is 1. The van der Waals surface area contributed by atoms with E-state index in [0.29, 0.717) is 6.42 Å². The highest BCUT2D eigenvalue weighted by atomic mass is 19.1. The molecule has 0 radical (unpaired) electrons. The van der Waals surface area contributed by atoms with Crippen molar-refractivity contribution in [2.45, 2.75) is 25.7 Å². The zero-order chi connectivity index (χ0) is 16.7. The van der Waals surface area contributed by atoms with Crippen LogP contribution in [0.15, 0.2) is 54.6 Å². The Morgan fingerprint density at radius 2 is 1.75 bits per heavy atom. The van der Waals surface area contributed by atoms with E-state index in [0.717, 1.165) is 34.6 Å². The van der Waals surface area contributed by atoms with Gasteiger partial charge in [-0.25, -0.2) is 9.07 Å². The Balaban J connectivity index is 1.79. The Bertz CT molecular complexity index is 897. The van der Waals surface area contributed by atoms with Gasteiger partial charge in [0.05, 0.1) is 22.6 Å². The zero-order valence-electron chi connectivity index (χ0n) is 13.4. The molecule has 2 aromatic carbocycles. The molecule has 1 aliphatic carbocycles. The van der Waals surface area contributed by atoms with Crippen LogP contribution in [0.5, 0.6) is 0 Å². The van der Waals surface area contributed by atoms with Crippen LogP contribution in [0.1, 0.15) is 39.6 Å². The Morgan fingerprint density at radius 1 is 1.04 bits per heavy atom. The molecule has 0 spiro atoms. The lowest BCUT2D eigenvalue weighted by atomic mass is 9.81. The molecule has 0 saturated carbocycles. The Labute approximate surface area is 139 Å². The molecular weight excluding hydrogens is 303 g/mol. The third kappa shape index (κ3) is 2.44. The van der Waals surface area contributed by atoms with E-state index in [9.17, 15) is 9.18 Å². The number of para-hydroxylation sites is 1. The summed E-state index contributed by atoms with van der Waals surface area (Å²) in [6.45, 7) is 1.88. The Hall–Kier alpha value is -2.75. The number of benzene rings is 2. The van der Waals surface area contributed by atoms with E-state index in [2.05, 4.69) is 5.10 Å². The summed E-state index contributed by atoms with van der Waals surface area (Å²) in [6, 6.07) is 16.3. The molecule has 0 saturated heterocycles. The first-order valence-electron chi connectivity index (χ1n) is 8.06. The summed E-state index contributed by atoms with van der Waals surface area (Å²) in [6.07, 6.45) is 1.17. The normalized spacial score (nSPS) is 16.9. The van der Waals surface area contributed by atoms with E-state index in [4.69, 9.17) is 0 Å². The van der Waals surface area contributed by atoms with Crippen molar-refractivity contribution in [2.75, 3.05) is 0 Å². The smallest absolute Gasteiger partial charge is 0.167 e. The number of hydrogen-bond acceptors (Lipinski definition) is 2. The van der Waals surface area contributed by atoms with Gasteiger partial charge in [-0.1, -0.05) is 30.3 Å². The van der Waals surface area contributed by atoms with Gasteiger partial charge in [-0.2, -0.15) is 5.10 Å². The predicted molar refractivity (Wildman–Crippen MR) is 90.1 cm³/mol. The summed E-state index contributed by atoms with van der Waals surface area (Å²) in [7, 11) is 0. The minimum absolute atomic E-state index is 0.0594. The maximum atomic E-state index is 13.2. The van der Waals surface area contributed by atoms with E-state index in [1.165, 1.54) is 12.1 Å². The lowest BCUT2D eigenvalue weighted by Crippen LogP contribution is -2.20. The molecule has 3 aromatic rings. The van der Waals surface area contributed by atoms with Gasteiger partial charge in [0.2, 0.25) is 0 Å². The van der Waals surface area contributed by atoms with Crippen molar-refractivity contribution in [3.05, 3.63) is 82.9 Å². The SMILES string of the molecule is Cc1nn(-c2ccccc2)c2c1C(=O)C[C@H](c1ccc(F)cc1)C2. The fourth-order valence-electron chi connectivity index (χ4n) is 3.51. The molecule has 0 fully saturated rings. The van der Waals surface area contributed by atoms with E-state index in [-0.39, 0.29) is 17.5 Å². The lowest BCUT2D eigenvalue weighted by Gasteiger charge is -2.23. The van der Waals surface area contributed by atoms with Crippen LogP contribution < -0.4 is 0 Å². The second-order valence-corrected chi connectivity index (χ2v) is 6.23. The number of aryl methyl sites for hydroxylation is 1. The van der Waals surface area contributed by atoms with Crippen molar-refractivity contribution < 1.29 is 9.18 Å².